The Labute approximate surface area is 366 Å². The van der Waals surface area contributed by atoms with Crippen molar-refractivity contribution in [3.8, 4) is 0 Å². The summed E-state index contributed by atoms with van der Waals surface area (Å²) >= 11 is 0. The molecule has 1 unspecified atom stereocenters. The molecule has 0 bridgehead atoms. The lowest BCUT2D eigenvalue weighted by Gasteiger charge is -2.23. The topological polar surface area (TPSA) is 131 Å². The van der Waals surface area contributed by atoms with Crippen molar-refractivity contribution < 1.29 is 28.4 Å². The summed E-state index contributed by atoms with van der Waals surface area (Å²) in [5.41, 5.74) is 5.38. The fourth-order valence-corrected chi connectivity index (χ4v) is 8.72. The number of carbonyl (C=O) groups is 1. The Balaban J connectivity index is 3.85. The van der Waals surface area contributed by atoms with E-state index in [1.54, 1.807) is 6.08 Å². The molecule has 1 amide bonds. The standard InChI is InChI=1S/C50H101N2O6P/c1-3-5-7-9-11-13-15-16-17-18-19-20-21-22-23-24-25-26-27-28-29-30-31-32-34-36-38-40-42-44-50(54)52-48(47-58-59(55,56)57-46-45-51)49(53)43-41-39-37-35-33-14-12-10-8-6-4-2/h41,43,48-49,53H,3-40,42,44-47,51H2,1-2H3,(H,52,54)(H,55,56)/b43-41+/t48-,49+/m0/s1. The van der Waals surface area contributed by atoms with Crippen molar-refractivity contribution in [3.63, 3.8) is 0 Å². The predicted molar refractivity (Wildman–Crippen MR) is 254 cm³/mol. The first-order chi connectivity index (χ1) is 28.9. The van der Waals surface area contributed by atoms with Gasteiger partial charge >= 0.3 is 7.82 Å². The molecule has 0 aliphatic heterocycles. The van der Waals surface area contributed by atoms with Crippen molar-refractivity contribution in [1.29, 1.82) is 0 Å². The third-order valence-corrected chi connectivity index (χ3v) is 12.8. The Morgan fingerprint density at radius 2 is 0.864 bits per heavy atom. The van der Waals surface area contributed by atoms with Crippen LogP contribution >= 0.6 is 7.82 Å². The highest BCUT2D eigenvalue weighted by molar-refractivity contribution is 7.47. The normalized spacial score (nSPS) is 13.9. The zero-order valence-corrected chi connectivity index (χ0v) is 40.2. The fourth-order valence-electron chi connectivity index (χ4n) is 7.96. The number of phosphoric acid groups is 1. The molecule has 0 aliphatic carbocycles. The van der Waals surface area contributed by atoms with Gasteiger partial charge in [-0.05, 0) is 19.3 Å². The number of hydrogen-bond acceptors (Lipinski definition) is 6. The minimum absolute atomic E-state index is 0.0813. The number of aliphatic hydroxyl groups is 1. The molecule has 59 heavy (non-hydrogen) atoms. The largest absolute Gasteiger partial charge is 0.472 e. The van der Waals surface area contributed by atoms with Crippen molar-refractivity contribution in [2.45, 2.75) is 283 Å². The molecule has 352 valence electrons. The molecule has 8 nitrogen and oxygen atoms in total. The lowest BCUT2D eigenvalue weighted by Crippen LogP contribution is -2.45. The van der Waals surface area contributed by atoms with Crippen molar-refractivity contribution in [2.24, 2.45) is 5.73 Å². The molecule has 0 fully saturated rings. The number of carbonyl (C=O) groups excluding carboxylic acids is 1. The third-order valence-electron chi connectivity index (χ3n) is 11.9. The van der Waals surface area contributed by atoms with Gasteiger partial charge in [-0.2, -0.15) is 0 Å². The zero-order valence-electron chi connectivity index (χ0n) is 39.3. The highest BCUT2D eigenvalue weighted by Gasteiger charge is 2.26. The van der Waals surface area contributed by atoms with E-state index in [1.165, 1.54) is 212 Å². The van der Waals surface area contributed by atoms with Crippen LogP contribution in [0.1, 0.15) is 271 Å². The second kappa shape index (κ2) is 46.7. The smallest absolute Gasteiger partial charge is 0.387 e. The molecule has 0 rings (SSSR count). The van der Waals surface area contributed by atoms with Crippen LogP contribution in [0.4, 0.5) is 0 Å². The van der Waals surface area contributed by atoms with Gasteiger partial charge in [-0.1, -0.05) is 257 Å². The molecule has 0 saturated carbocycles. The summed E-state index contributed by atoms with van der Waals surface area (Å²) in [5, 5.41) is 13.7. The number of amides is 1. The molecule has 0 aliphatic rings. The number of allylic oxidation sites excluding steroid dienone is 1. The molecule has 0 aromatic carbocycles. The predicted octanol–water partition coefficient (Wildman–Crippen LogP) is 15.1. The van der Waals surface area contributed by atoms with Gasteiger partial charge in [0.15, 0.2) is 0 Å². The first kappa shape index (κ1) is 58.2. The van der Waals surface area contributed by atoms with E-state index < -0.39 is 20.0 Å². The molecule has 0 spiro atoms. The third kappa shape index (κ3) is 45.1. The van der Waals surface area contributed by atoms with Crippen LogP contribution in [0.3, 0.4) is 0 Å². The van der Waals surface area contributed by atoms with Crippen molar-refractivity contribution in [3.05, 3.63) is 12.2 Å². The van der Waals surface area contributed by atoms with Gasteiger partial charge in [0, 0.05) is 13.0 Å². The Morgan fingerprint density at radius 3 is 1.20 bits per heavy atom. The number of phosphoric ester groups is 1. The van der Waals surface area contributed by atoms with Crippen LogP contribution in [0.2, 0.25) is 0 Å². The highest BCUT2D eigenvalue weighted by Crippen LogP contribution is 2.43. The molecule has 0 saturated heterocycles. The summed E-state index contributed by atoms with van der Waals surface area (Å²) in [5.74, 6) is -0.189. The number of nitrogens with one attached hydrogen (secondary N) is 1. The second-order valence-corrected chi connectivity index (χ2v) is 19.2. The van der Waals surface area contributed by atoms with Gasteiger partial charge in [-0.15, -0.1) is 0 Å². The first-order valence-corrected chi connectivity index (χ1v) is 27.3. The number of hydrogen-bond donors (Lipinski definition) is 4. The summed E-state index contributed by atoms with van der Waals surface area (Å²) in [6, 6.07) is -0.854. The summed E-state index contributed by atoms with van der Waals surface area (Å²) in [7, 11) is -4.33. The number of aliphatic hydroxyl groups excluding tert-OH is 1. The Kier molecular flexibility index (Phi) is 46.1. The average molecular weight is 857 g/mol. The van der Waals surface area contributed by atoms with Crippen LogP contribution in [-0.4, -0.2) is 47.8 Å². The molecule has 0 aromatic rings. The minimum atomic E-state index is -4.33. The summed E-state index contributed by atoms with van der Waals surface area (Å²) < 4.78 is 22.1. The SMILES string of the molecule is CCCCCCCCCCC/C=C/[C@@H](O)[C@H](COP(=O)(O)OCCN)NC(=O)CCCCCCCCCCCCCCCCCCCCCCCCCCCCCCC. The van der Waals surface area contributed by atoms with E-state index in [0.717, 1.165) is 38.5 Å². The van der Waals surface area contributed by atoms with Crippen molar-refractivity contribution in [1.82, 2.24) is 5.32 Å². The minimum Gasteiger partial charge on any atom is -0.387 e. The Bertz CT molecular complexity index is 937. The van der Waals surface area contributed by atoms with Crippen LogP contribution in [0.15, 0.2) is 12.2 Å². The second-order valence-electron chi connectivity index (χ2n) is 17.7. The van der Waals surface area contributed by atoms with E-state index in [-0.39, 0.29) is 25.7 Å². The van der Waals surface area contributed by atoms with Gasteiger partial charge in [-0.3, -0.25) is 13.8 Å². The molecule has 3 atom stereocenters. The van der Waals surface area contributed by atoms with Gasteiger partial charge in [0.1, 0.15) is 0 Å². The number of unbranched alkanes of at least 4 members (excludes halogenated alkanes) is 37. The summed E-state index contributed by atoms with van der Waals surface area (Å²) in [6.45, 7) is 4.16. The van der Waals surface area contributed by atoms with Gasteiger partial charge in [0.25, 0.3) is 0 Å². The van der Waals surface area contributed by atoms with Gasteiger partial charge < -0.3 is 21.1 Å². The lowest BCUT2D eigenvalue weighted by molar-refractivity contribution is -0.123. The van der Waals surface area contributed by atoms with Crippen molar-refractivity contribution >= 4 is 13.7 Å². The van der Waals surface area contributed by atoms with Crippen molar-refractivity contribution in [2.75, 3.05) is 19.8 Å². The van der Waals surface area contributed by atoms with Crippen LogP contribution < -0.4 is 11.1 Å². The lowest BCUT2D eigenvalue weighted by atomic mass is 10.0. The number of nitrogens with two attached hydrogens (primary N) is 1. The summed E-state index contributed by atoms with van der Waals surface area (Å²) in [6.07, 6.45) is 54.4. The Morgan fingerprint density at radius 1 is 0.542 bits per heavy atom. The van der Waals surface area contributed by atoms with Crippen LogP contribution in [0, 0.1) is 0 Å². The highest BCUT2D eigenvalue weighted by atomic mass is 31.2. The molecule has 0 radical (unpaired) electrons. The van der Waals surface area contributed by atoms with E-state index in [1.807, 2.05) is 6.08 Å². The molecule has 9 heteroatoms. The zero-order chi connectivity index (χ0) is 43.2. The molecule has 0 heterocycles. The van der Waals surface area contributed by atoms with Gasteiger partial charge in [-0.25, -0.2) is 4.57 Å². The van der Waals surface area contributed by atoms with E-state index >= 15 is 0 Å². The number of rotatable bonds is 49. The molecular formula is C50H101N2O6P. The fraction of sp³-hybridized carbons (Fsp3) is 0.940. The van der Waals surface area contributed by atoms with E-state index in [0.29, 0.717) is 6.42 Å². The van der Waals surface area contributed by atoms with E-state index in [9.17, 15) is 19.4 Å². The first-order valence-electron chi connectivity index (χ1n) is 25.8. The van der Waals surface area contributed by atoms with E-state index in [2.05, 4.69) is 19.2 Å². The van der Waals surface area contributed by atoms with Crippen LogP contribution in [0.25, 0.3) is 0 Å². The molecular weight excluding hydrogens is 756 g/mol. The Hall–Kier alpha value is -0.760. The average Bonchev–Trinajstić information content (AvgIpc) is 3.22. The van der Waals surface area contributed by atoms with Crippen LogP contribution in [0.5, 0.6) is 0 Å². The maximum Gasteiger partial charge on any atom is 0.472 e. The quantitative estimate of drug-likeness (QED) is 0.0272. The molecule has 5 N–H and O–H groups in total. The van der Waals surface area contributed by atoms with Gasteiger partial charge in [0.05, 0.1) is 25.4 Å². The monoisotopic (exact) mass is 857 g/mol. The maximum absolute atomic E-state index is 12.8. The maximum atomic E-state index is 12.8. The summed E-state index contributed by atoms with van der Waals surface area (Å²) in [4.78, 5) is 22.7. The van der Waals surface area contributed by atoms with Crippen LogP contribution in [-0.2, 0) is 18.4 Å². The van der Waals surface area contributed by atoms with E-state index in [4.69, 9.17) is 14.8 Å². The van der Waals surface area contributed by atoms with Gasteiger partial charge in [0.2, 0.25) is 5.91 Å². The molecule has 0 aromatic heterocycles.